The van der Waals surface area contributed by atoms with E-state index in [-0.39, 0.29) is 29.4 Å². The first-order valence-electron chi connectivity index (χ1n) is 14.5. The number of rotatable bonds is 5. The molecule has 1 amide bonds. The Morgan fingerprint density at radius 2 is 1.30 bits per heavy atom. The predicted octanol–water partition coefficient (Wildman–Crippen LogP) is 4.30. The molecular formula is C33H36N6O3S. The van der Waals surface area contributed by atoms with E-state index in [9.17, 15) is 23.7 Å². The lowest BCUT2D eigenvalue weighted by molar-refractivity contribution is 0.0673. The van der Waals surface area contributed by atoms with Crippen LogP contribution in [0.15, 0.2) is 65.6 Å². The van der Waals surface area contributed by atoms with Crippen LogP contribution >= 0.6 is 0 Å². The van der Waals surface area contributed by atoms with E-state index in [0.717, 1.165) is 16.9 Å². The summed E-state index contributed by atoms with van der Waals surface area (Å²) >= 11 is 0. The van der Waals surface area contributed by atoms with E-state index in [4.69, 9.17) is 0 Å². The number of piperazine rings is 2. The van der Waals surface area contributed by atoms with Crippen LogP contribution in [0.1, 0.15) is 46.5 Å². The molecule has 0 spiro atoms. The van der Waals surface area contributed by atoms with Gasteiger partial charge in [-0.1, -0.05) is 30.3 Å². The highest BCUT2D eigenvalue weighted by Gasteiger charge is 2.37. The minimum Gasteiger partial charge on any atom is -0.368 e. The van der Waals surface area contributed by atoms with Gasteiger partial charge in [0.25, 0.3) is 5.91 Å². The molecule has 1 unspecified atom stereocenters. The van der Waals surface area contributed by atoms with Gasteiger partial charge in [-0.2, -0.15) is 14.8 Å². The number of anilines is 2. The first-order valence-corrected chi connectivity index (χ1v) is 15.9. The van der Waals surface area contributed by atoms with Gasteiger partial charge in [-0.05, 0) is 69.2 Å². The van der Waals surface area contributed by atoms with E-state index in [1.54, 1.807) is 36.1 Å². The van der Waals surface area contributed by atoms with Gasteiger partial charge in [0.1, 0.15) is 12.1 Å². The van der Waals surface area contributed by atoms with E-state index in [1.165, 1.54) is 4.31 Å². The number of nitrogens with zero attached hydrogens (tertiary/aromatic N) is 6. The molecule has 2 aliphatic heterocycles. The van der Waals surface area contributed by atoms with E-state index in [0.29, 0.717) is 55.0 Å². The van der Waals surface area contributed by atoms with E-state index in [2.05, 4.69) is 21.9 Å². The average Bonchev–Trinajstić information content (AvgIpc) is 3.00. The molecule has 0 saturated carbocycles. The van der Waals surface area contributed by atoms with Crippen molar-refractivity contribution in [2.45, 2.75) is 44.7 Å². The molecule has 2 atom stereocenters. The molecule has 3 aromatic carbocycles. The molecule has 0 aliphatic carbocycles. The normalized spacial score (nSPS) is 19.5. The maximum Gasteiger partial charge on any atom is 0.254 e. The number of nitriles is 2. The summed E-state index contributed by atoms with van der Waals surface area (Å²) in [4.78, 5) is 20.0. The number of sulfonamides is 1. The molecule has 9 nitrogen and oxygen atoms in total. The number of hydrogen-bond acceptors (Lipinski definition) is 7. The molecule has 222 valence electrons. The van der Waals surface area contributed by atoms with Gasteiger partial charge in [-0.3, -0.25) is 4.79 Å². The largest absolute Gasteiger partial charge is 0.368 e. The van der Waals surface area contributed by atoms with Crippen molar-refractivity contribution in [3.63, 3.8) is 0 Å². The molecule has 10 heteroatoms. The molecule has 5 rings (SSSR count). The Morgan fingerprint density at radius 3 is 1.84 bits per heavy atom. The van der Waals surface area contributed by atoms with Gasteiger partial charge >= 0.3 is 0 Å². The SMILES string of the molecule is Cc1cc(C)c(S(=O)(=O)N2CCN(c3ccccc3C#N)C[C@H]2C)cc1C(=O)N1CCN(c2ccccc2C#N)CC1C. The highest BCUT2D eigenvalue weighted by Crippen LogP contribution is 2.31. The predicted molar refractivity (Wildman–Crippen MR) is 167 cm³/mol. The molecule has 0 N–H and O–H groups in total. The fourth-order valence-corrected chi connectivity index (χ4v) is 8.15. The Hall–Kier alpha value is -4.38. The standard InChI is InChI=1S/C33H36N6O3S/c1-23-17-24(2)32(43(41,42)39-16-14-37(22-26(39)4)31-12-8-6-10-28(31)20-35)18-29(23)33(40)38-15-13-36(21-25(38)3)30-11-7-5-9-27(30)19-34/h5-12,17-18,25-26H,13-16,21-22H2,1-4H3/t25?,26-/m1/s1. The van der Waals surface area contributed by atoms with E-state index < -0.39 is 10.0 Å². The summed E-state index contributed by atoms with van der Waals surface area (Å²) in [5, 5.41) is 19.1. The van der Waals surface area contributed by atoms with Crippen LogP contribution < -0.4 is 9.80 Å². The van der Waals surface area contributed by atoms with Crippen molar-refractivity contribution in [2.24, 2.45) is 0 Å². The lowest BCUT2D eigenvalue weighted by Crippen LogP contribution is -2.54. The Labute approximate surface area is 254 Å². The number of para-hydroxylation sites is 2. The summed E-state index contributed by atoms with van der Waals surface area (Å²) in [6, 6.07) is 22.1. The maximum atomic E-state index is 14.1. The number of amides is 1. The summed E-state index contributed by atoms with van der Waals surface area (Å²) in [6.07, 6.45) is 0. The molecule has 0 bridgehead atoms. The molecule has 3 aromatic rings. The van der Waals surface area contributed by atoms with Crippen LogP contribution in [-0.4, -0.2) is 74.9 Å². The summed E-state index contributed by atoms with van der Waals surface area (Å²) in [7, 11) is -3.90. The number of carbonyl (C=O) groups is 1. The van der Waals surface area contributed by atoms with Gasteiger partial charge in [-0.15, -0.1) is 0 Å². The zero-order valence-corrected chi connectivity index (χ0v) is 25.8. The van der Waals surface area contributed by atoms with Gasteiger partial charge in [0.05, 0.1) is 27.4 Å². The average molecular weight is 597 g/mol. The zero-order valence-electron chi connectivity index (χ0n) is 25.0. The lowest BCUT2D eigenvalue weighted by atomic mass is 10.0. The molecule has 0 radical (unpaired) electrons. The summed E-state index contributed by atoms with van der Waals surface area (Å²) < 4.78 is 29.7. The van der Waals surface area contributed by atoms with Crippen molar-refractivity contribution in [1.82, 2.24) is 9.21 Å². The van der Waals surface area contributed by atoms with Crippen molar-refractivity contribution >= 4 is 27.3 Å². The number of aryl methyl sites for hydroxylation is 2. The van der Waals surface area contributed by atoms with E-state index in [1.807, 2.05) is 57.2 Å². The van der Waals surface area contributed by atoms with Crippen LogP contribution in [0.3, 0.4) is 0 Å². The molecule has 2 fully saturated rings. The maximum absolute atomic E-state index is 14.1. The van der Waals surface area contributed by atoms with Gasteiger partial charge in [0.2, 0.25) is 10.0 Å². The van der Waals surface area contributed by atoms with Crippen LogP contribution in [0.4, 0.5) is 11.4 Å². The highest BCUT2D eigenvalue weighted by atomic mass is 32.2. The third kappa shape index (κ3) is 5.69. The third-order valence-electron chi connectivity index (χ3n) is 8.52. The molecular weight excluding hydrogens is 560 g/mol. The van der Waals surface area contributed by atoms with Crippen LogP contribution in [-0.2, 0) is 10.0 Å². The highest BCUT2D eigenvalue weighted by molar-refractivity contribution is 7.89. The Balaban J connectivity index is 1.36. The van der Waals surface area contributed by atoms with Crippen molar-refractivity contribution in [2.75, 3.05) is 49.1 Å². The molecule has 2 aliphatic rings. The Kier molecular flexibility index (Phi) is 8.45. The number of benzene rings is 3. The van der Waals surface area contributed by atoms with E-state index >= 15 is 0 Å². The van der Waals surface area contributed by atoms with Gasteiger partial charge in [-0.25, -0.2) is 8.42 Å². The van der Waals surface area contributed by atoms with Crippen molar-refractivity contribution in [3.05, 3.63) is 88.5 Å². The minimum atomic E-state index is -3.90. The quantitative estimate of drug-likeness (QED) is 0.432. The van der Waals surface area contributed by atoms with Gasteiger partial charge in [0, 0.05) is 56.9 Å². The second-order valence-electron chi connectivity index (χ2n) is 11.4. The van der Waals surface area contributed by atoms with Crippen LogP contribution in [0.2, 0.25) is 0 Å². The van der Waals surface area contributed by atoms with Crippen molar-refractivity contribution < 1.29 is 13.2 Å². The minimum absolute atomic E-state index is 0.141. The summed E-state index contributed by atoms with van der Waals surface area (Å²) in [5.41, 5.74) is 4.54. The lowest BCUT2D eigenvalue weighted by Gasteiger charge is -2.41. The third-order valence-corrected chi connectivity index (χ3v) is 10.7. The van der Waals surface area contributed by atoms with Crippen LogP contribution in [0.25, 0.3) is 0 Å². The second-order valence-corrected chi connectivity index (χ2v) is 13.3. The molecule has 2 saturated heterocycles. The Morgan fingerprint density at radius 1 is 0.767 bits per heavy atom. The second kappa shape index (κ2) is 12.1. The topological polar surface area (TPSA) is 112 Å². The number of carbonyl (C=O) groups excluding carboxylic acids is 1. The summed E-state index contributed by atoms with van der Waals surface area (Å²) in [5.74, 6) is -0.194. The molecule has 43 heavy (non-hydrogen) atoms. The van der Waals surface area contributed by atoms with Gasteiger partial charge in [0.15, 0.2) is 0 Å². The monoisotopic (exact) mass is 596 g/mol. The van der Waals surface area contributed by atoms with Crippen molar-refractivity contribution in [3.8, 4) is 12.1 Å². The first-order chi connectivity index (χ1) is 20.6. The van der Waals surface area contributed by atoms with Crippen LogP contribution in [0, 0.1) is 36.5 Å². The zero-order chi connectivity index (χ0) is 30.9. The fraction of sp³-hybridized carbons (Fsp3) is 0.364. The first kappa shape index (κ1) is 30.1. The summed E-state index contributed by atoms with van der Waals surface area (Å²) in [6.45, 7) is 10.2. The van der Waals surface area contributed by atoms with Gasteiger partial charge < -0.3 is 14.7 Å². The smallest absolute Gasteiger partial charge is 0.254 e. The fourth-order valence-electron chi connectivity index (χ4n) is 6.30. The molecule has 2 heterocycles. The van der Waals surface area contributed by atoms with Crippen LogP contribution in [0.5, 0.6) is 0 Å². The number of hydrogen-bond donors (Lipinski definition) is 0. The Bertz CT molecular complexity index is 1740. The van der Waals surface area contributed by atoms with Crippen molar-refractivity contribution in [1.29, 1.82) is 10.5 Å². The molecule has 0 aromatic heterocycles.